The molecule has 0 bridgehead atoms. The van der Waals surface area contributed by atoms with E-state index in [1.165, 1.54) is 22.9 Å². The van der Waals surface area contributed by atoms with Crippen molar-refractivity contribution in [2.75, 3.05) is 0 Å². The zero-order chi connectivity index (χ0) is 6.69. The molecule has 0 saturated carbocycles. The minimum atomic E-state index is 1.16. The Morgan fingerprint density at radius 3 is 2.89 bits per heavy atom. The maximum absolute atomic E-state index is 3.49. The van der Waals surface area contributed by atoms with Gasteiger partial charge in [0.05, 0.1) is 0 Å². The van der Waals surface area contributed by atoms with Crippen LogP contribution in [0, 0.1) is 0 Å². The van der Waals surface area contributed by atoms with Crippen molar-refractivity contribution in [3.63, 3.8) is 0 Å². The van der Waals surface area contributed by atoms with Crippen LogP contribution in [0.15, 0.2) is 22.2 Å². The fraction of sp³-hybridized carbons (Fsp3) is 0.500. The standard InChI is InChI=1S/C8H11Br/c1-2-7-4-3-5-8(9)6-7/h4,6H,2-3,5H2,1H3. The Morgan fingerprint density at radius 2 is 2.44 bits per heavy atom. The van der Waals surface area contributed by atoms with E-state index in [2.05, 4.69) is 35.0 Å². The second-order valence-corrected chi connectivity index (χ2v) is 3.28. The van der Waals surface area contributed by atoms with Gasteiger partial charge in [0.25, 0.3) is 0 Å². The molecule has 0 fully saturated rings. The van der Waals surface area contributed by atoms with Crippen LogP contribution in [-0.2, 0) is 0 Å². The zero-order valence-electron chi connectivity index (χ0n) is 5.65. The highest BCUT2D eigenvalue weighted by atomic mass is 79.9. The van der Waals surface area contributed by atoms with Crippen LogP contribution in [0.2, 0.25) is 0 Å². The van der Waals surface area contributed by atoms with Crippen LogP contribution in [-0.4, -0.2) is 0 Å². The molecule has 50 valence electrons. The highest BCUT2D eigenvalue weighted by Gasteiger charge is 1.99. The van der Waals surface area contributed by atoms with E-state index in [0.29, 0.717) is 0 Å². The van der Waals surface area contributed by atoms with Crippen molar-refractivity contribution >= 4 is 15.9 Å². The molecule has 0 heterocycles. The third-order valence-electron chi connectivity index (χ3n) is 1.54. The maximum Gasteiger partial charge on any atom is -0.00437 e. The molecule has 0 N–H and O–H groups in total. The number of allylic oxidation sites excluding steroid dienone is 4. The minimum absolute atomic E-state index is 1.16. The highest BCUT2D eigenvalue weighted by Crippen LogP contribution is 2.22. The summed E-state index contributed by atoms with van der Waals surface area (Å²) < 4.78 is 1.35. The van der Waals surface area contributed by atoms with Crippen LogP contribution < -0.4 is 0 Å². The Kier molecular flexibility index (Phi) is 2.52. The van der Waals surface area contributed by atoms with Crippen LogP contribution in [0.25, 0.3) is 0 Å². The van der Waals surface area contributed by atoms with Gasteiger partial charge in [0.2, 0.25) is 0 Å². The largest absolute Gasteiger partial charge is 0.0810 e. The third-order valence-corrected chi connectivity index (χ3v) is 2.17. The summed E-state index contributed by atoms with van der Waals surface area (Å²) in [5, 5.41) is 0. The molecule has 0 nitrogen and oxygen atoms in total. The van der Waals surface area contributed by atoms with E-state index in [1.54, 1.807) is 0 Å². The van der Waals surface area contributed by atoms with Crippen molar-refractivity contribution in [1.29, 1.82) is 0 Å². The van der Waals surface area contributed by atoms with Gasteiger partial charge in [0.1, 0.15) is 0 Å². The lowest BCUT2D eigenvalue weighted by Gasteiger charge is -2.05. The number of rotatable bonds is 1. The van der Waals surface area contributed by atoms with E-state index < -0.39 is 0 Å². The molecule has 0 atom stereocenters. The topological polar surface area (TPSA) is 0 Å². The van der Waals surface area contributed by atoms with Crippen molar-refractivity contribution in [1.82, 2.24) is 0 Å². The van der Waals surface area contributed by atoms with Gasteiger partial charge >= 0.3 is 0 Å². The molecule has 1 aliphatic rings. The predicted molar refractivity (Wildman–Crippen MR) is 44.6 cm³/mol. The number of hydrogen-bond donors (Lipinski definition) is 0. The molecule has 9 heavy (non-hydrogen) atoms. The highest BCUT2D eigenvalue weighted by molar-refractivity contribution is 9.11. The zero-order valence-corrected chi connectivity index (χ0v) is 7.24. The Labute approximate surface area is 64.8 Å². The monoisotopic (exact) mass is 186 g/mol. The minimum Gasteiger partial charge on any atom is -0.0810 e. The molecule has 1 aliphatic carbocycles. The van der Waals surface area contributed by atoms with Crippen molar-refractivity contribution in [2.45, 2.75) is 26.2 Å². The van der Waals surface area contributed by atoms with Gasteiger partial charge in [0.15, 0.2) is 0 Å². The molecule has 0 aromatic carbocycles. The maximum atomic E-state index is 3.49. The quantitative estimate of drug-likeness (QED) is 0.590. The summed E-state index contributed by atoms with van der Waals surface area (Å²) in [7, 11) is 0. The lowest BCUT2D eigenvalue weighted by atomic mass is 10.1. The Hall–Kier alpha value is -0.0400. The number of halogens is 1. The molecule has 1 rings (SSSR count). The van der Waals surface area contributed by atoms with Crippen molar-refractivity contribution in [3.8, 4) is 0 Å². The summed E-state index contributed by atoms with van der Waals surface area (Å²) in [6.07, 6.45) is 8.09. The molecule has 0 amide bonds. The smallest absolute Gasteiger partial charge is 0.00437 e. The van der Waals surface area contributed by atoms with Gasteiger partial charge in [0, 0.05) is 0 Å². The van der Waals surface area contributed by atoms with E-state index in [0.717, 1.165) is 6.42 Å². The first-order valence-corrected chi connectivity index (χ1v) is 4.17. The molecular formula is C8H11Br. The average Bonchev–Trinajstić information content (AvgIpc) is 1.88. The summed E-state index contributed by atoms with van der Waals surface area (Å²) in [4.78, 5) is 0. The first kappa shape index (κ1) is 7.07. The molecule has 0 saturated heterocycles. The summed E-state index contributed by atoms with van der Waals surface area (Å²) in [5.41, 5.74) is 1.47. The van der Waals surface area contributed by atoms with Crippen LogP contribution in [0.4, 0.5) is 0 Å². The molecular weight excluding hydrogens is 176 g/mol. The normalized spacial score (nSPS) is 18.9. The van der Waals surface area contributed by atoms with Gasteiger partial charge in [-0.15, -0.1) is 0 Å². The Morgan fingerprint density at radius 1 is 1.67 bits per heavy atom. The van der Waals surface area contributed by atoms with Crippen LogP contribution in [0.1, 0.15) is 26.2 Å². The van der Waals surface area contributed by atoms with E-state index in [-0.39, 0.29) is 0 Å². The second-order valence-electron chi connectivity index (χ2n) is 2.26. The SMILES string of the molecule is CCC1=CCCC(Br)=C1. The van der Waals surface area contributed by atoms with Gasteiger partial charge in [-0.2, -0.15) is 0 Å². The fourth-order valence-electron chi connectivity index (χ4n) is 0.974. The first-order chi connectivity index (χ1) is 4.33. The molecule has 0 aromatic heterocycles. The summed E-state index contributed by atoms with van der Waals surface area (Å²) in [6, 6.07) is 0. The lowest BCUT2D eigenvalue weighted by Crippen LogP contribution is -1.85. The van der Waals surface area contributed by atoms with Crippen molar-refractivity contribution < 1.29 is 0 Å². The van der Waals surface area contributed by atoms with Crippen LogP contribution in [0.5, 0.6) is 0 Å². The third kappa shape index (κ3) is 1.98. The van der Waals surface area contributed by atoms with Gasteiger partial charge in [-0.05, 0) is 29.8 Å². The molecule has 0 unspecified atom stereocenters. The average molecular weight is 187 g/mol. The van der Waals surface area contributed by atoms with E-state index >= 15 is 0 Å². The van der Waals surface area contributed by atoms with E-state index in [4.69, 9.17) is 0 Å². The van der Waals surface area contributed by atoms with E-state index in [1.807, 2.05) is 0 Å². The van der Waals surface area contributed by atoms with Gasteiger partial charge < -0.3 is 0 Å². The molecule has 0 radical (unpaired) electrons. The van der Waals surface area contributed by atoms with Crippen molar-refractivity contribution in [2.24, 2.45) is 0 Å². The Bertz CT molecular complexity index is 154. The summed E-state index contributed by atoms with van der Waals surface area (Å²) in [6.45, 7) is 2.19. The van der Waals surface area contributed by atoms with Crippen LogP contribution in [0.3, 0.4) is 0 Å². The van der Waals surface area contributed by atoms with Gasteiger partial charge in [-0.3, -0.25) is 0 Å². The van der Waals surface area contributed by atoms with Gasteiger partial charge in [-0.25, -0.2) is 0 Å². The van der Waals surface area contributed by atoms with Gasteiger partial charge in [-0.1, -0.05) is 34.5 Å². The van der Waals surface area contributed by atoms with Crippen LogP contribution >= 0.6 is 15.9 Å². The molecule has 0 spiro atoms. The Balaban J connectivity index is 2.63. The fourth-order valence-corrected chi connectivity index (χ4v) is 1.50. The summed E-state index contributed by atoms with van der Waals surface area (Å²) >= 11 is 3.49. The summed E-state index contributed by atoms with van der Waals surface area (Å²) in [5.74, 6) is 0. The first-order valence-electron chi connectivity index (χ1n) is 3.38. The molecule has 0 aliphatic heterocycles. The lowest BCUT2D eigenvalue weighted by molar-refractivity contribution is 0.975. The van der Waals surface area contributed by atoms with E-state index in [9.17, 15) is 0 Å². The predicted octanol–water partition coefficient (Wildman–Crippen LogP) is 3.40. The van der Waals surface area contributed by atoms with Crippen molar-refractivity contribution in [3.05, 3.63) is 22.2 Å². The molecule has 0 aromatic rings. The second kappa shape index (κ2) is 3.21. The number of hydrogen-bond acceptors (Lipinski definition) is 0. The molecule has 1 heteroatoms.